The third kappa shape index (κ3) is 5.59. The van der Waals surface area contributed by atoms with E-state index in [2.05, 4.69) is 5.32 Å². The van der Waals surface area contributed by atoms with Gasteiger partial charge >= 0.3 is 0 Å². The summed E-state index contributed by atoms with van der Waals surface area (Å²) in [7, 11) is 0. The van der Waals surface area contributed by atoms with Gasteiger partial charge in [-0.3, -0.25) is 14.4 Å². The van der Waals surface area contributed by atoms with Gasteiger partial charge in [0.1, 0.15) is 18.7 Å². The second-order valence-corrected chi connectivity index (χ2v) is 8.04. The predicted molar refractivity (Wildman–Crippen MR) is 117 cm³/mol. The van der Waals surface area contributed by atoms with E-state index in [9.17, 15) is 24.6 Å². The van der Waals surface area contributed by atoms with Crippen LogP contribution in [0.1, 0.15) is 18.9 Å². The van der Waals surface area contributed by atoms with Crippen molar-refractivity contribution in [1.29, 1.82) is 0 Å². The quantitative estimate of drug-likeness (QED) is 0.467. The van der Waals surface area contributed by atoms with E-state index < -0.39 is 42.6 Å². The Bertz CT molecular complexity index is 945. The molecule has 0 aliphatic carbocycles. The Balaban J connectivity index is 1.68. The van der Waals surface area contributed by atoms with Crippen LogP contribution in [0, 0.1) is 0 Å². The maximum atomic E-state index is 12.9. The molecular weight excluding hydrogens is 412 g/mol. The van der Waals surface area contributed by atoms with Crippen LogP contribution in [-0.2, 0) is 20.8 Å². The minimum Gasteiger partial charge on any atom is -0.391 e. The van der Waals surface area contributed by atoms with Crippen LogP contribution in [0.15, 0.2) is 54.6 Å². The van der Waals surface area contributed by atoms with Crippen LogP contribution >= 0.6 is 0 Å². The summed E-state index contributed by atoms with van der Waals surface area (Å²) in [5.41, 5.74) is 2.86. The molecule has 1 heterocycles. The predicted octanol–water partition coefficient (Wildman–Crippen LogP) is 0.285. The molecule has 4 N–H and O–H groups in total. The summed E-state index contributed by atoms with van der Waals surface area (Å²) in [6, 6.07) is 15.1. The molecule has 0 bridgehead atoms. The van der Waals surface area contributed by atoms with Gasteiger partial charge in [-0.05, 0) is 23.6 Å². The number of amides is 2. The van der Waals surface area contributed by atoms with E-state index in [-0.39, 0.29) is 25.3 Å². The van der Waals surface area contributed by atoms with E-state index in [0.717, 1.165) is 16.7 Å². The van der Waals surface area contributed by atoms with Crippen molar-refractivity contribution in [1.82, 2.24) is 10.2 Å². The van der Waals surface area contributed by atoms with Crippen molar-refractivity contribution in [3.63, 3.8) is 0 Å². The summed E-state index contributed by atoms with van der Waals surface area (Å²) in [6.07, 6.45) is -1.99. The van der Waals surface area contributed by atoms with Gasteiger partial charge in [-0.15, -0.1) is 0 Å². The number of carbonyl (C=O) groups excluding carboxylic acids is 3. The van der Waals surface area contributed by atoms with Gasteiger partial charge in [-0.1, -0.05) is 54.6 Å². The number of Topliss-reactive ketones (excluding diaryl/α,β-unsaturated/α-hetero) is 1. The van der Waals surface area contributed by atoms with Crippen molar-refractivity contribution in [2.75, 3.05) is 13.2 Å². The van der Waals surface area contributed by atoms with E-state index in [4.69, 9.17) is 5.11 Å². The van der Waals surface area contributed by atoms with Crippen LogP contribution in [0.25, 0.3) is 11.1 Å². The number of hydrogen-bond acceptors (Lipinski definition) is 6. The fraction of sp³-hybridized carbons (Fsp3) is 0.375. The molecule has 2 aromatic carbocycles. The molecule has 2 aromatic rings. The van der Waals surface area contributed by atoms with E-state index in [1.807, 2.05) is 54.6 Å². The van der Waals surface area contributed by atoms with Gasteiger partial charge in [0.05, 0.1) is 18.6 Å². The second kappa shape index (κ2) is 10.5. The van der Waals surface area contributed by atoms with Crippen molar-refractivity contribution in [3.8, 4) is 11.1 Å². The molecule has 1 fully saturated rings. The molecule has 0 radical (unpaired) electrons. The first-order valence-corrected chi connectivity index (χ1v) is 10.5. The third-order valence-electron chi connectivity index (χ3n) is 5.60. The zero-order chi connectivity index (χ0) is 23.3. The molecule has 0 aromatic heterocycles. The first-order chi connectivity index (χ1) is 15.3. The van der Waals surface area contributed by atoms with Crippen LogP contribution in [0.2, 0.25) is 0 Å². The van der Waals surface area contributed by atoms with Crippen molar-refractivity contribution in [2.45, 2.75) is 44.1 Å². The molecule has 1 aliphatic rings. The Kier molecular flexibility index (Phi) is 7.74. The molecule has 170 valence electrons. The molecule has 3 rings (SSSR count). The van der Waals surface area contributed by atoms with E-state index in [0.29, 0.717) is 0 Å². The lowest BCUT2D eigenvalue weighted by molar-refractivity contribution is -0.140. The van der Waals surface area contributed by atoms with Crippen LogP contribution in [0.3, 0.4) is 0 Å². The van der Waals surface area contributed by atoms with Crippen molar-refractivity contribution >= 4 is 17.6 Å². The van der Waals surface area contributed by atoms with E-state index in [1.54, 1.807) is 0 Å². The Hall–Kier alpha value is -3.07. The van der Waals surface area contributed by atoms with Gasteiger partial charge < -0.3 is 25.5 Å². The maximum Gasteiger partial charge on any atom is 0.243 e. The fourth-order valence-electron chi connectivity index (χ4n) is 3.88. The van der Waals surface area contributed by atoms with Gasteiger partial charge in [0.2, 0.25) is 11.8 Å². The standard InChI is InChI=1S/C24H28N2O6/c1-15(28)23(21(30)14-27)25-24(32)20-12-19(29)13-26(20)22(31)11-16-7-9-18(10-8-16)17-5-3-2-4-6-17/h2-10,15,19-20,23,27-29H,11-14H2,1H3,(H,25,32)/t15-,19-,20+,23+/m1/s1. The highest BCUT2D eigenvalue weighted by Crippen LogP contribution is 2.22. The summed E-state index contributed by atoms with van der Waals surface area (Å²) in [5.74, 6) is -1.71. The van der Waals surface area contributed by atoms with Crippen molar-refractivity contribution in [2.24, 2.45) is 0 Å². The highest BCUT2D eigenvalue weighted by Gasteiger charge is 2.40. The number of aliphatic hydroxyl groups is 3. The van der Waals surface area contributed by atoms with Crippen LogP contribution in [-0.4, -0.2) is 75.3 Å². The summed E-state index contributed by atoms with van der Waals surface area (Å²) < 4.78 is 0. The number of benzene rings is 2. The molecule has 32 heavy (non-hydrogen) atoms. The smallest absolute Gasteiger partial charge is 0.243 e. The molecule has 0 unspecified atom stereocenters. The monoisotopic (exact) mass is 440 g/mol. The molecule has 2 amide bonds. The summed E-state index contributed by atoms with van der Waals surface area (Å²) >= 11 is 0. The fourth-order valence-corrected chi connectivity index (χ4v) is 3.88. The first kappa shape index (κ1) is 23.6. The highest BCUT2D eigenvalue weighted by atomic mass is 16.3. The van der Waals surface area contributed by atoms with Gasteiger partial charge in [-0.25, -0.2) is 0 Å². The lowest BCUT2D eigenvalue weighted by atomic mass is 10.0. The minimum atomic E-state index is -1.28. The van der Waals surface area contributed by atoms with Crippen LogP contribution in [0.4, 0.5) is 0 Å². The molecule has 8 heteroatoms. The molecule has 0 saturated carbocycles. The van der Waals surface area contributed by atoms with Crippen LogP contribution in [0.5, 0.6) is 0 Å². The topological polar surface area (TPSA) is 127 Å². The number of nitrogens with one attached hydrogen (secondary N) is 1. The average molecular weight is 440 g/mol. The SMILES string of the molecule is C[C@@H](O)[C@H](NC(=O)[C@@H]1C[C@@H](O)CN1C(=O)Cc1ccc(-c2ccccc2)cc1)C(=O)CO. The second-order valence-electron chi connectivity index (χ2n) is 8.04. The molecular formula is C24H28N2O6. The Morgan fingerprint density at radius 3 is 2.28 bits per heavy atom. The largest absolute Gasteiger partial charge is 0.391 e. The lowest BCUT2D eigenvalue weighted by Gasteiger charge is -2.27. The number of hydrogen-bond donors (Lipinski definition) is 4. The number of ketones is 1. The molecule has 0 spiro atoms. The van der Waals surface area contributed by atoms with Gasteiger partial charge in [0.25, 0.3) is 0 Å². The zero-order valence-electron chi connectivity index (χ0n) is 17.8. The van der Waals surface area contributed by atoms with E-state index >= 15 is 0 Å². The highest BCUT2D eigenvalue weighted by molar-refractivity contribution is 5.94. The molecule has 1 aliphatic heterocycles. The van der Waals surface area contributed by atoms with Crippen molar-refractivity contribution in [3.05, 3.63) is 60.2 Å². The van der Waals surface area contributed by atoms with Gasteiger partial charge in [0, 0.05) is 13.0 Å². The number of nitrogens with zero attached hydrogens (tertiary/aromatic N) is 1. The number of rotatable bonds is 8. The normalized spacial score (nSPS) is 19.9. The minimum absolute atomic E-state index is 0.00626. The summed E-state index contributed by atoms with van der Waals surface area (Å²) in [6.45, 7) is 0.501. The lowest BCUT2D eigenvalue weighted by Crippen LogP contribution is -2.54. The summed E-state index contributed by atoms with van der Waals surface area (Å²) in [4.78, 5) is 38.8. The zero-order valence-corrected chi connectivity index (χ0v) is 17.8. The van der Waals surface area contributed by atoms with Gasteiger partial charge in [-0.2, -0.15) is 0 Å². The Labute approximate surface area is 186 Å². The maximum absolute atomic E-state index is 12.9. The Morgan fingerprint density at radius 2 is 1.69 bits per heavy atom. The molecule has 1 saturated heterocycles. The van der Waals surface area contributed by atoms with Gasteiger partial charge in [0.15, 0.2) is 5.78 Å². The summed E-state index contributed by atoms with van der Waals surface area (Å²) in [5, 5.41) is 31.3. The number of likely N-dealkylation sites (tertiary alicyclic amines) is 1. The number of aliphatic hydroxyl groups excluding tert-OH is 3. The van der Waals surface area contributed by atoms with E-state index in [1.165, 1.54) is 11.8 Å². The number of β-amino-alcohol motifs (C(OH)–C–C–N with tert-alkyl or cyclic N) is 1. The Morgan fingerprint density at radius 1 is 1.06 bits per heavy atom. The molecule has 8 nitrogen and oxygen atoms in total. The van der Waals surface area contributed by atoms with Crippen molar-refractivity contribution < 1.29 is 29.7 Å². The van der Waals surface area contributed by atoms with Crippen LogP contribution < -0.4 is 5.32 Å². The first-order valence-electron chi connectivity index (χ1n) is 10.5. The molecule has 4 atom stereocenters. The average Bonchev–Trinajstić information content (AvgIpc) is 3.19. The number of carbonyl (C=O) groups is 3. The third-order valence-corrected chi connectivity index (χ3v) is 5.60.